The summed E-state index contributed by atoms with van der Waals surface area (Å²) in [6, 6.07) is 17.2. The Morgan fingerprint density at radius 3 is 2.64 bits per heavy atom. The van der Waals surface area contributed by atoms with Crippen LogP contribution in [0.3, 0.4) is 0 Å². The van der Waals surface area contributed by atoms with Crippen molar-refractivity contribution in [1.82, 2.24) is 25.5 Å². The molecule has 8 nitrogen and oxygen atoms in total. The van der Waals surface area contributed by atoms with E-state index in [2.05, 4.69) is 67.9 Å². The van der Waals surface area contributed by atoms with Crippen LogP contribution < -0.4 is 15.5 Å². The Balaban J connectivity index is 1.33. The van der Waals surface area contributed by atoms with Gasteiger partial charge in [-0.3, -0.25) is 9.69 Å². The van der Waals surface area contributed by atoms with Gasteiger partial charge < -0.3 is 20.3 Å². The number of hydrogen-bond acceptors (Lipinski definition) is 7. The predicted molar refractivity (Wildman–Crippen MR) is 153 cm³/mol. The highest BCUT2D eigenvalue weighted by atomic mass is 16.5. The first-order valence-corrected chi connectivity index (χ1v) is 14.3. The van der Waals surface area contributed by atoms with Crippen LogP contribution >= 0.6 is 0 Å². The molecule has 39 heavy (non-hydrogen) atoms. The minimum absolute atomic E-state index is 0.0773. The van der Waals surface area contributed by atoms with Crippen molar-refractivity contribution in [1.29, 1.82) is 0 Å². The fourth-order valence-corrected chi connectivity index (χ4v) is 5.92. The summed E-state index contributed by atoms with van der Waals surface area (Å²) >= 11 is 0. The van der Waals surface area contributed by atoms with Crippen LogP contribution in [-0.4, -0.2) is 72.8 Å². The molecule has 1 amide bonds. The van der Waals surface area contributed by atoms with Crippen molar-refractivity contribution in [3.05, 3.63) is 77.2 Å². The molecule has 2 aromatic carbocycles. The van der Waals surface area contributed by atoms with Gasteiger partial charge in [0.05, 0.1) is 24.9 Å². The summed E-state index contributed by atoms with van der Waals surface area (Å²) in [5, 5.41) is 6.70. The fraction of sp³-hybridized carbons (Fsp3) is 0.452. The third-order valence-corrected chi connectivity index (χ3v) is 8.01. The number of ether oxygens (including phenoxy) is 1. The van der Waals surface area contributed by atoms with Crippen LogP contribution in [0.1, 0.15) is 41.8 Å². The fourth-order valence-electron chi connectivity index (χ4n) is 5.92. The maximum absolute atomic E-state index is 13.2. The molecule has 1 aromatic heterocycles. The molecular weight excluding hydrogens is 488 g/mol. The summed E-state index contributed by atoms with van der Waals surface area (Å²) < 4.78 is 5.63. The molecule has 0 spiro atoms. The second kappa shape index (κ2) is 12.2. The minimum Gasteiger partial charge on any atom is -0.378 e. The van der Waals surface area contributed by atoms with Gasteiger partial charge in [0, 0.05) is 56.6 Å². The number of aromatic nitrogens is 2. The van der Waals surface area contributed by atoms with E-state index >= 15 is 0 Å². The largest absolute Gasteiger partial charge is 0.378 e. The third-order valence-electron chi connectivity index (χ3n) is 8.01. The number of nitrogens with zero attached hydrogens (tertiary/aromatic N) is 4. The van der Waals surface area contributed by atoms with E-state index in [4.69, 9.17) is 9.72 Å². The van der Waals surface area contributed by atoms with Crippen LogP contribution in [0.2, 0.25) is 0 Å². The zero-order valence-corrected chi connectivity index (χ0v) is 22.6. The smallest absolute Gasteiger partial charge is 0.237 e. The Morgan fingerprint density at radius 1 is 0.923 bits per heavy atom. The first-order valence-electron chi connectivity index (χ1n) is 14.3. The molecule has 7 rings (SSSR count). The van der Waals surface area contributed by atoms with Gasteiger partial charge in [0.15, 0.2) is 0 Å². The monoisotopic (exact) mass is 526 g/mol. The number of carbonyl (C=O) groups is 1. The maximum Gasteiger partial charge on any atom is 0.237 e. The highest BCUT2D eigenvalue weighted by Crippen LogP contribution is 2.29. The molecule has 6 bridgehead atoms. The van der Waals surface area contributed by atoms with Crippen LogP contribution in [0.25, 0.3) is 11.3 Å². The summed E-state index contributed by atoms with van der Waals surface area (Å²) in [4.78, 5) is 27.5. The Hall–Kier alpha value is -3.33. The van der Waals surface area contributed by atoms with Gasteiger partial charge in [-0.1, -0.05) is 36.4 Å². The van der Waals surface area contributed by atoms with Gasteiger partial charge in [0.1, 0.15) is 5.82 Å². The molecule has 8 heteroatoms. The van der Waals surface area contributed by atoms with Gasteiger partial charge in [0.25, 0.3) is 0 Å². The summed E-state index contributed by atoms with van der Waals surface area (Å²) in [5.41, 5.74) is 6.96. The van der Waals surface area contributed by atoms with Gasteiger partial charge in [-0.05, 0) is 61.2 Å². The third kappa shape index (κ3) is 6.30. The molecule has 4 aliphatic heterocycles. The lowest BCUT2D eigenvalue weighted by Crippen LogP contribution is -2.44. The molecule has 0 saturated carbocycles. The molecule has 204 valence electrons. The number of morpholine rings is 1. The maximum atomic E-state index is 13.2. The number of amides is 1. The van der Waals surface area contributed by atoms with Crippen LogP contribution in [0.4, 0.5) is 5.69 Å². The summed E-state index contributed by atoms with van der Waals surface area (Å²) in [5.74, 6) is 0.968. The molecule has 0 radical (unpaired) electrons. The van der Waals surface area contributed by atoms with Crippen LogP contribution in [-0.2, 0) is 29.0 Å². The summed E-state index contributed by atoms with van der Waals surface area (Å²) in [7, 11) is 0. The average Bonchev–Trinajstić information content (AvgIpc) is 3.44. The van der Waals surface area contributed by atoms with Crippen LogP contribution in [0, 0.1) is 0 Å². The molecule has 5 heterocycles. The number of hydrogen-bond donors (Lipinski definition) is 2. The van der Waals surface area contributed by atoms with Gasteiger partial charge >= 0.3 is 0 Å². The Bertz CT molecular complexity index is 1270. The first-order chi connectivity index (χ1) is 19.2. The lowest BCUT2D eigenvalue weighted by atomic mass is 10.0. The zero-order valence-electron chi connectivity index (χ0n) is 22.6. The van der Waals surface area contributed by atoms with E-state index in [-0.39, 0.29) is 11.9 Å². The van der Waals surface area contributed by atoms with Crippen molar-refractivity contribution in [3.8, 4) is 11.3 Å². The number of benzene rings is 2. The van der Waals surface area contributed by atoms with Crippen molar-refractivity contribution in [2.75, 3.05) is 50.8 Å². The van der Waals surface area contributed by atoms with Crippen LogP contribution in [0.5, 0.6) is 0 Å². The van der Waals surface area contributed by atoms with Gasteiger partial charge in [-0.15, -0.1) is 0 Å². The lowest BCUT2D eigenvalue weighted by Gasteiger charge is -2.32. The summed E-state index contributed by atoms with van der Waals surface area (Å²) in [6.45, 7) is 7.31. The molecule has 2 fully saturated rings. The standard InChI is InChI=1S/C31H38N6O2/c38-31-29-3-1-14-37(29)22-26-19-24(6-9-28(26)36-15-17-39-18-16-36)20-30-33-13-10-27(35-30)25-7-4-23(5-8-25)21-32-11-2-12-34-31/h4-10,13,19,29,32H,1-3,11-12,14-18,20-22H2,(H,34,38)/t29-/m0/s1. The van der Waals surface area contributed by atoms with E-state index in [9.17, 15) is 4.79 Å². The summed E-state index contributed by atoms with van der Waals surface area (Å²) in [6.07, 6.45) is 5.39. The number of nitrogens with one attached hydrogen (secondary N) is 2. The molecule has 0 aliphatic carbocycles. The predicted octanol–water partition coefficient (Wildman–Crippen LogP) is 3.14. The molecular formula is C31H38N6O2. The average molecular weight is 527 g/mol. The van der Waals surface area contributed by atoms with E-state index in [1.807, 2.05) is 12.3 Å². The zero-order chi connectivity index (χ0) is 26.4. The van der Waals surface area contributed by atoms with Crippen molar-refractivity contribution in [2.45, 2.75) is 44.8 Å². The highest BCUT2D eigenvalue weighted by Gasteiger charge is 2.31. The van der Waals surface area contributed by atoms with Crippen molar-refractivity contribution >= 4 is 11.6 Å². The van der Waals surface area contributed by atoms with Crippen molar-refractivity contribution in [3.63, 3.8) is 0 Å². The number of carbonyl (C=O) groups excluding carboxylic acids is 1. The number of anilines is 1. The molecule has 0 unspecified atom stereocenters. The molecule has 1 atom stereocenters. The highest BCUT2D eigenvalue weighted by molar-refractivity contribution is 5.82. The Labute approximate surface area is 230 Å². The van der Waals surface area contributed by atoms with E-state index < -0.39 is 0 Å². The topological polar surface area (TPSA) is 82.6 Å². The molecule has 2 N–H and O–H groups in total. The van der Waals surface area contributed by atoms with E-state index in [1.54, 1.807) is 0 Å². The Morgan fingerprint density at radius 2 is 1.77 bits per heavy atom. The SMILES string of the molecule is O=C1NCCCNCc2ccc(cc2)-c2ccnc(n2)Cc2ccc(N3CCOCC3)c(c2)CN2CCC[C@@H]12. The van der Waals surface area contributed by atoms with Gasteiger partial charge in [-0.25, -0.2) is 9.97 Å². The quantitative estimate of drug-likeness (QED) is 0.504. The van der Waals surface area contributed by atoms with Crippen molar-refractivity contribution < 1.29 is 9.53 Å². The second-order valence-corrected chi connectivity index (χ2v) is 10.7. The van der Waals surface area contributed by atoms with Gasteiger partial charge in [0.2, 0.25) is 5.91 Å². The number of rotatable bonds is 1. The number of fused-ring (bicyclic) bond motifs is 8. The van der Waals surface area contributed by atoms with E-state index in [0.29, 0.717) is 13.0 Å². The first kappa shape index (κ1) is 25.9. The van der Waals surface area contributed by atoms with Gasteiger partial charge in [-0.2, -0.15) is 0 Å². The normalized spacial score (nSPS) is 21.2. The van der Waals surface area contributed by atoms with E-state index in [0.717, 1.165) is 88.8 Å². The van der Waals surface area contributed by atoms with Crippen molar-refractivity contribution in [2.24, 2.45) is 0 Å². The lowest BCUT2D eigenvalue weighted by molar-refractivity contribution is -0.125. The molecule has 2 saturated heterocycles. The molecule has 4 aliphatic rings. The molecule has 3 aromatic rings. The minimum atomic E-state index is -0.0773. The van der Waals surface area contributed by atoms with E-state index in [1.165, 1.54) is 22.4 Å². The van der Waals surface area contributed by atoms with Crippen LogP contribution in [0.15, 0.2) is 54.7 Å². The second-order valence-electron chi connectivity index (χ2n) is 10.7. The Kier molecular flexibility index (Phi) is 8.13.